The van der Waals surface area contributed by atoms with Crippen LogP contribution in [0.2, 0.25) is 0 Å². The number of hydrogen-bond acceptors (Lipinski definition) is 5. The van der Waals surface area contributed by atoms with Gasteiger partial charge in [0.1, 0.15) is 0 Å². The van der Waals surface area contributed by atoms with E-state index < -0.39 is 6.10 Å². The Labute approximate surface area is 138 Å². The normalized spacial score (nSPS) is 18.6. The van der Waals surface area contributed by atoms with Crippen molar-refractivity contribution in [3.63, 3.8) is 0 Å². The van der Waals surface area contributed by atoms with Crippen molar-refractivity contribution in [2.24, 2.45) is 0 Å². The highest BCUT2D eigenvalue weighted by Crippen LogP contribution is 2.09. The summed E-state index contributed by atoms with van der Waals surface area (Å²) in [6, 6.07) is 0. The lowest BCUT2D eigenvalue weighted by molar-refractivity contribution is 0.0605. The smallest absolute Gasteiger partial charge is 0.0862 e. The van der Waals surface area contributed by atoms with Crippen molar-refractivity contribution in [3.05, 3.63) is 34.8 Å². The Bertz CT molecular complexity index is 564. The standard InChI is InChI=1S/C14H21BrN6O/c15-13-7-18-21(9-13)11-14(22)10-20-3-1-19(2-4-20)8-12-5-16-17-6-12/h5-7,9,14,22H,1-4,8,10-11H2,(H,16,17). The molecule has 0 bridgehead atoms. The zero-order valence-electron chi connectivity index (χ0n) is 12.4. The van der Waals surface area contributed by atoms with Crippen LogP contribution in [0.25, 0.3) is 0 Å². The topological polar surface area (TPSA) is 73.2 Å². The van der Waals surface area contributed by atoms with Crippen LogP contribution in [0.1, 0.15) is 5.56 Å². The highest BCUT2D eigenvalue weighted by atomic mass is 79.9. The Morgan fingerprint density at radius 2 is 1.95 bits per heavy atom. The fourth-order valence-electron chi connectivity index (χ4n) is 2.76. The molecule has 1 atom stereocenters. The number of β-amino-alcohol motifs (C(OH)–C–C–N with tert-alkyl or cyclic N) is 1. The summed E-state index contributed by atoms with van der Waals surface area (Å²) in [5, 5.41) is 21.2. The molecule has 22 heavy (non-hydrogen) atoms. The summed E-state index contributed by atoms with van der Waals surface area (Å²) >= 11 is 3.36. The largest absolute Gasteiger partial charge is 0.390 e. The van der Waals surface area contributed by atoms with Gasteiger partial charge in [-0.2, -0.15) is 10.2 Å². The highest BCUT2D eigenvalue weighted by molar-refractivity contribution is 9.10. The lowest BCUT2D eigenvalue weighted by Gasteiger charge is -2.35. The van der Waals surface area contributed by atoms with Gasteiger partial charge in [-0.1, -0.05) is 0 Å². The minimum atomic E-state index is -0.396. The number of aliphatic hydroxyl groups is 1. The maximum absolute atomic E-state index is 10.2. The fraction of sp³-hybridized carbons (Fsp3) is 0.571. The Hall–Kier alpha value is -1.22. The van der Waals surface area contributed by atoms with E-state index in [2.05, 4.69) is 41.0 Å². The van der Waals surface area contributed by atoms with Crippen molar-refractivity contribution in [2.75, 3.05) is 32.7 Å². The first-order valence-corrected chi connectivity index (χ1v) is 8.27. The van der Waals surface area contributed by atoms with Crippen LogP contribution in [0.4, 0.5) is 0 Å². The molecule has 2 aromatic heterocycles. The first kappa shape index (κ1) is 15.7. The summed E-state index contributed by atoms with van der Waals surface area (Å²) in [6.07, 6.45) is 7.04. The minimum Gasteiger partial charge on any atom is -0.390 e. The molecule has 1 fully saturated rings. The molecule has 2 aromatic rings. The number of nitrogens with zero attached hydrogens (tertiary/aromatic N) is 5. The minimum absolute atomic E-state index is 0.396. The van der Waals surface area contributed by atoms with Crippen LogP contribution < -0.4 is 0 Å². The van der Waals surface area contributed by atoms with Crippen molar-refractivity contribution >= 4 is 15.9 Å². The van der Waals surface area contributed by atoms with Crippen LogP contribution >= 0.6 is 15.9 Å². The van der Waals surface area contributed by atoms with Crippen LogP contribution in [0.3, 0.4) is 0 Å². The van der Waals surface area contributed by atoms with E-state index in [1.54, 1.807) is 10.9 Å². The second-order valence-electron chi connectivity index (χ2n) is 5.72. The molecule has 0 spiro atoms. The van der Waals surface area contributed by atoms with Gasteiger partial charge in [-0.15, -0.1) is 0 Å². The number of aromatic nitrogens is 4. The third-order valence-electron chi connectivity index (χ3n) is 3.89. The molecule has 0 radical (unpaired) electrons. The third-order valence-corrected chi connectivity index (χ3v) is 4.30. The van der Waals surface area contributed by atoms with Gasteiger partial charge in [-0.05, 0) is 15.9 Å². The molecule has 3 rings (SSSR count). The number of rotatable bonds is 6. The van der Waals surface area contributed by atoms with Crippen molar-refractivity contribution in [1.82, 2.24) is 29.8 Å². The van der Waals surface area contributed by atoms with E-state index in [1.807, 2.05) is 18.6 Å². The van der Waals surface area contributed by atoms with E-state index in [0.717, 1.165) is 37.2 Å². The zero-order chi connectivity index (χ0) is 15.4. The number of nitrogens with one attached hydrogen (secondary N) is 1. The molecule has 3 heterocycles. The second kappa shape index (κ2) is 7.36. The molecule has 2 N–H and O–H groups in total. The van der Waals surface area contributed by atoms with Gasteiger partial charge in [0.15, 0.2) is 0 Å². The Kier molecular flexibility index (Phi) is 5.24. The van der Waals surface area contributed by atoms with Crippen molar-refractivity contribution in [1.29, 1.82) is 0 Å². The lowest BCUT2D eigenvalue weighted by atomic mass is 10.2. The van der Waals surface area contributed by atoms with Crippen LogP contribution in [0, 0.1) is 0 Å². The first-order chi connectivity index (χ1) is 10.7. The molecule has 7 nitrogen and oxygen atoms in total. The molecule has 0 amide bonds. The van der Waals surface area contributed by atoms with Gasteiger partial charge in [-0.25, -0.2) is 0 Å². The number of hydrogen-bond donors (Lipinski definition) is 2. The maximum atomic E-state index is 10.2. The number of halogens is 1. The maximum Gasteiger partial charge on any atom is 0.0862 e. The van der Waals surface area contributed by atoms with Gasteiger partial charge in [-0.3, -0.25) is 19.6 Å². The van der Waals surface area contributed by atoms with E-state index in [0.29, 0.717) is 13.1 Å². The quantitative estimate of drug-likeness (QED) is 0.778. The SMILES string of the molecule is OC(CN1CCN(Cc2cn[nH]c2)CC1)Cn1cc(Br)cn1. The van der Waals surface area contributed by atoms with Crippen molar-refractivity contribution in [3.8, 4) is 0 Å². The van der Waals surface area contributed by atoms with E-state index in [9.17, 15) is 5.11 Å². The van der Waals surface area contributed by atoms with Gasteiger partial charge >= 0.3 is 0 Å². The highest BCUT2D eigenvalue weighted by Gasteiger charge is 2.19. The molecule has 1 aliphatic heterocycles. The van der Waals surface area contributed by atoms with E-state index >= 15 is 0 Å². The van der Waals surface area contributed by atoms with Crippen molar-refractivity contribution in [2.45, 2.75) is 19.2 Å². The fourth-order valence-corrected chi connectivity index (χ4v) is 3.09. The molecule has 0 aromatic carbocycles. The number of aromatic amines is 1. The van der Waals surface area contributed by atoms with E-state index in [-0.39, 0.29) is 0 Å². The second-order valence-corrected chi connectivity index (χ2v) is 6.63. The molecular formula is C14H21BrN6O. The predicted octanol–water partition coefficient (Wildman–Crippen LogP) is 0.547. The third kappa shape index (κ3) is 4.39. The zero-order valence-corrected chi connectivity index (χ0v) is 14.0. The van der Waals surface area contributed by atoms with Gasteiger partial charge in [0.05, 0.1) is 29.5 Å². The summed E-state index contributed by atoms with van der Waals surface area (Å²) in [7, 11) is 0. The Morgan fingerprint density at radius 1 is 1.18 bits per heavy atom. The number of piperazine rings is 1. The summed E-state index contributed by atoms with van der Waals surface area (Å²) < 4.78 is 2.71. The van der Waals surface area contributed by atoms with Gasteiger partial charge in [0.2, 0.25) is 0 Å². The average Bonchev–Trinajstić information content (AvgIpc) is 3.13. The predicted molar refractivity (Wildman–Crippen MR) is 86.2 cm³/mol. The van der Waals surface area contributed by atoms with Crippen LogP contribution in [0.5, 0.6) is 0 Å². The number of aliphatic hydroxyl groups excluding tert-OH is 1. The van der Waals surface area contributed by atoms with Gasteiger partial charge < -0.3 is 5.11 Å². The van der Waals surface area contributed by atoms with Gasteiger partial charge in [0.25, 0.3) is 0 Å². The number of H-pyrrole nitrogens is 1. The van der Waals surface area contributed by atoms with Crippen molar-refractivity contribution < 1.29 is 5.11 Å². The molecule has 0 aliphatic carbocycles. The molecule has 120 valence electrons. The van der Waals surface area contributed by atoms with E-state index in [4.69, 9.17) is 0 Å². The molecule has 8 heteroatoms. The molecule has 1 unspecified atom stereocenters. The summed E-state index contributed by atoms with van der Waals surface area (Å²) in [5.41, 5.74) is 1.22. The molecule has 1 saturated heterocycles. The Morgan fingerprint density at radius 3 is 2.59 bits per heavy atom. The summed E-state index contributed by atoms with van der Waals surface area (Å²) in [5.74, 6) is 0. The van der Waals surface area contributed by atoms with Gasteiger partial charge in [0, 0.05) is 57.2 Å². The Balaban J connectivity index is 1.39. The van der Waals surface area contributed by atoms with Crippen LogP contribution in [0.15, 0.2) is 29.3 Å². The molecule has 0 saturated carbocycles. The van der Waals surface area contributed by atoms with E-state index in [1.165, 1.54) is 5.56 Å². The monoisotopic (exact) mass is 368 g/mol. The van der Waals surface area contributed by atoms with Crippen LogP contribution in [-0.4, -0.2) is 73.7 Å². The lowest BCUT2D eigenvalue weighted by Crippen LogP contribution is -2.48. The summed E-state index contributed by atoms with van der Waals surface area (Å²) in [6.45, 7) is 6.16. The van der Waals surface area contributed by atoms with Crippen LogP contribution in [-0.2, 0) is 13.1 Å². The average molecular weight is 369 g/mol. The summed E-state index contributed by atoms with van der Waals surface area (Å²) in [4.78, 5) is 4.73. The molecular weight excluding hydrogens is 348 g/mol. The first-order valence-electron chi connectivity index (χ1n) is 7.47. The molecule has 1 aliphatic rings.